The molecule has 156 valence electrons. The zero-order valence-corrected chi connectivity index (χ0v) is 18.1. The minimum atomic E-state index is -0.131. The predicted octanol–water partition coefficient (Wildman–Crippen LogP) is 3.72. The minimum Gasteiger partial charge on any atom is -0.497 e. The Morgan fingerprint density at radius 3 is 2.57 bits per heavy atom. The van der Waals surface area contributed by atoms with Gasteiger partial charge in [-0.3, -0.25) is 4.79 Å². The van der Waals surface area contributed by atoms with Crippen LogP contribution in [0.3, 0.4) is 0 Å². The van der Waals surface area contributed by atoms with Crippen molar-refractivity contribution in [1.29, 1.82) is 0 Å². The van der Waals surface area contributed by atoms with Gasteiger partial charge in [0.1, 0.15) is 11.4 Å². The van der Waals surface area contributed by atoms with Crippen molar-refractivity contribution in [1.82, 2.24) is 10.3 Å². The van der Waals surface area contributed by atoms with Gasteiger partial charge in [-0.1, -0.05) is 35.9 Å². The Morgan fingerprint density at radius 1 is 1.10 bits per heavy atom. The molecule has 0 radical (unpaired) electrons. The molecule has 30 heavy (non-hydrogen) atoms. The topological polar surface area (TPSA) is 57.7 Å². The van der Waals surface area contributed by atoms with E-state index in [4.69, 9.17) is 4.74 Å². The van der Waals surface area contributed by atoms with Crippen LogP contribution in [0.5, 0.6) is 5.75 Å². The number of nitrogens with zero attached hydrogens (tertiary/aromatic N) is 3. The third-order valence-electron chi connectivity index (χ3n) is 5.27. The average Bonchev–Trinajstić information content (AvgIpc) is 3.29. The quantitative estimate of drug-likeness (QED) is 0.656. The number of methoxy groups -OCH3 is 1. The number of rotatable bonds is 6. The molecule has 1 fully saturated rings. The number of aromatic nitrogens is 1. The lowest BCUT2D eigenvalue weighted by atomic mass is 10.1. The zero-order valence-electron chi connectivity index (χ0n) is 17.3. The van der Waals surface area contributed by atoms with Crippen LogP contribution in [0, 0.1) is 6.92 Å². The molecule has 0 atom stereocenters. The van der Waals surface area contributed by atoms with Crippen molar-refractivity contribution in [2.75, 3.05) is 43.1 Å². The Kier molecular flexibility index (Phi) is 6.18. The summed E-state index contributed by atoms with van der Waals surface area (Å²) in [6.07, 6.45) is 0. The molecule has 0 unspecified atom stereocenters. The number of hydrogen-bond donors (Lipinski definition) is 1. The molecule has 0 saturated carbocycles. The number of amides is 1. The minimum absolute atomic E-state index is 0.131. The van der Waals surface area contributed by atoms with Gasteiger partial charge in [-0.15, -0.1) is 11.3 Å². The maximum atomic E-state index is 12.5. The Labute approximate surface area is 181 Å². The van der Waals surface area contributed by atoms with Gasteiger partial charge in [0.25, 0.3) is 5.91 Å². The molecular formula is C23H26N4O2S. The Bertz CT molecular complexity index is 994. The first-order valence-corrected chi connectivity index (χ1v) is 10.9. The number of piperazine rings is 1. The van der Waals surface area contributed by atoms with Crippen LogP contribution in [-0.2, 0) is 6.54 Å². The van der Waals surface area contributed by atoms with Gasteiger partial charge >= 0.3 is 0 Å². The van der Waals surface area contributed by atoms with Gasteiger partial charge in [0, 0.05) is 49.9 Å². The maximum Gasteiger partial charge on any atom is 0.271 e. The van der Waals surface area contributed by atoms with Gasteiger partial charge < -0.3 is 19.9 Å². The highest BCUT2D eigenvalue weighted by atomic mass is 32.1. The Hall–Kier alpha value is -3.06. The van der Waals surface area contributed by atoms with E-state index < -0.39 is 0 Å². The molecule has 2 aromatic carbocycles. The van der Waals surface area contributed by atoms with Crippen LogP contribution in [-0.4, -0.2) is 44.2 Å². The lowest BCUT2D eigenvalue weighted by molar-refractivity contribution is 0.0946. The normalized spacial score (nSPS) is 13.9. The summed E-state index contributed by atoms with van der Waals surface area (Å²) < 4.78 is 5.33. The van der Waals surface area contributed by atoms with Crippen molar-refractivity contribution >= 4 is 28.1 Å². The van der Waals surface area contributed by atoms with E-state index in [0.29, 0.717) is 12.2 Å². The van der Waals surface area contributed by atoms with E-state index in [0.717, 1.165) is 42.6 Å². The molecule has 1 N–H and O–H groups in total. The number of benzene rings is 2. The number of carbonyl (C=O) groups excluding carboxylic acids is 1. The highest BCUT2D eigenvalue weighted by Crippen LogP contribution is 2.25. The van der Waals surface area contributed by atoms with Crippen LogP contribution in [0.25, 0.3) is 0 Å². The fourth-order valence-electron chi connectivity index (χ4n) is 3.46. The lowest BCUT2D eigenvalue weighted by Gasteiger charge is -2.36. The average molecular weight is 423 g/mol. The van der Waals surface area contributed by atoms with Crippen molar-refractivity contribution in [2.45, 2.75) is 13.5 Å². The first-order chi connectivity index (χ1) is 14.6. The van der Waals surface area contributed by atoms with Crippen molar-refractivity contribution in [3.63, 3.8) is 0 Å². The largest absolute Gasteiger partial charge is 0.497 e. The summed E-state index contributed by atoms with van der Waals surface area (Å²) in [7, 11) is 1.69. The summed E-state index contributed by atoms with van der Waals surface area (Å²) in [4.78, 5) is 21.6. The van der Waals surface area contributed by atoms with E-state index in [1.54, 1.807) is 7.11 Å². The van der Waals surface area contributed by atoms with Crippen molar-refractivity contribution in [3.8, 4) is 5.75 Å². The maximum absolute atomic E-state index is 12.5. The van der Waals surface area contributed by atoms with Gasteiger partial charge in [0.2, 0.25) is 0 Å². The molecule has 1 aromatic heterocycles. The lowest BCUT2D eigenvalue weighted by Crippen LogP contribution is -2.46. The SMILES string of the molecule is COc1cccc(N2CCN(c3nc(C(=O)NCc4ccc(C)cc4)cs3)CC2)c1. The second kappa shape index (κ2) is 9.17. The fourth-order valence-corrected chi connectivity index (χ4v) is 4.32. The number of thiazole rings is 1. The summed E-state index contributed by atoms with van der Waals surface area (Å²) in [5.74, 6) is 0.740. The number of hydrogen-bond acceptors (Lipinski definition) is 6. The number of aryl methyl sites for hydroxylation is 1. The van der Waals surface area contributed by atoms with E-state index >= 15 is 0 Å². The molecule has 0 spiro atoms. The van der Waals surface area contributed by atoms with E-state index in [9.17, 15) is 4.79 Å². The van der Waals surface area contributed by atoms with Crippen LogP contribution < -0.4 is 19.9 Å². The smallest absolute Gasteiger partial charge is 0.271 e. The third-order valence-corrected chi connectivity index (χ3v) is 6.17. The fraction of sp³-hybridized carbons (Fsp3) is 0.304. The molecule has 1 amide bonds. The van der Waals surface area contributed by atoms with E-state index in [2.05, 4.69) is 39.2 Å². The first-order valence-electron chi connectivity index (χ1n) is 10.1. The summed E-state index contributed by atoms with van der Waals surface area (Å²) in [5.41, 5.74) is 3.94. The Balaban J connectivity index is 1.32. The molecule has 3 aromatic rings. The monoisotopic (exact) mass is 422 g/mol. The van der Waals surface area contributed by atoms with Gasteiger partial charge in [-0.2, -0.15) is 0 Å². The number of carbonyl (C=O) groups is 1. The van der Waals surface area contributed by atoms with Gasteiger partial charge in [-0.05, 0) is 24.6 Å². The van der Waals surface area contributed by atoms with Crippen LogP contribution in [0.15, 0.2) is 53.9 Å². The molecule has 1 saturated heterocycles. The first kappa shape index (κ1) is 20.2. The molecule has 1 aliphatic rings. The van der Waals surface area contributed by atoms with Crippen molar-refractivity contribution in [2.24, 2.45) is 0 Å². The second-order valence-corrected chi connectivity index (χ2v) is 8.20. The number of anilines is 2. The summed E-state index contributed by atoms with van der Waals surface area (Å²) >= 11 is 1.53. The molecule has 4 rings (SSSR count). The number of nitrogens with one attached hydrogen (secondary N) is 1. The standard InChI is InChI=1S/C23H26N4O2S/c1-17-6-8-18(9-7-17)15-24-22(28)21-16-30-23(25-21)27-12-10-26(11-13-27)19-4-3-5-20(14-19)29-2/h3-9,14,16H,10-13,15H2,1-2H3,(H,24,28). The summed E-state index contributed by atoms with van der Waals surface area (Å²) in [6.45, 7) is 6.11. The summed E-state index contributed by atoms with van der Waals surface area (Å²) in [6, 6.07) is 16.3. The van der Waals surface area contributed by atoms with Gasteiger partial charge in [0.15, 0.2) is 5.13 Å². The molecule has 2 heterocycles. The van der Waals surface area contributed by atoms with Gasteiger partial charge in [-0.25, -0.2) is 4.98 Å². The van der Waals surface area contributed by atoms with Crippen LogP contribution in [0.4, 0.5) is 10.8 Å². The number of ether oxygens (including phenoxy) is 1. The van der Waals surface area contributed by atoms with Crippen molar-refractivity contribution in [3.05, 3.63) is 70.7 Å². The molecule has 0 aliphatic carbocycles. The molecular weight excluding hydrogens is 396 g/mol. The summed E-state index contributed by atoms with van der Waals surface area (Å²) in [5, 5.41) is 5.70. The highest BCUT2D eigenvalue weighted by Gasteiger charge is 2.21. The molecule has 7 heteroatoms. The van der Waals surface area contributed by atoms with Crippen LogP contribution in [0.1, 0.15) is 21.6 Å². The van der Waals surface area contributed by atoms with E-state index in [1.807, 2.05) is 41.8 Å². The predicted molar refractivity (Wildman–Crippen MR) is 122 cm³/mol. The zero-order chi connectivity index (χ0) is 20.9. The Morgan fingerprint density at radius 2 is 1.83 bits per heavy atom. The molecule has 0 bridgehead atoms. The third kappa shape index (κ3) is 4.74. The molecule has 1 aliphatic heterocycles. The van der Waals surface area contributed by atoms with Gasteiger partial charge in [0.05, 0.1) is 7.11 Å². The highest BCUT2D eigenvalue weighted by molar-refractivity contribution is 7.13. The van der Waals surface area contributed by atoms with E-state index in [-0.39, 0.29) is 5.91 Å². The van der Waals surface area contributed by atoms with E-state index in [1.165, 1.54) is 22.6 Å². The van der Waals surface area contributed by atoms with Crippen molar-refractivity contribution < 1.29 is 9.53 Å². The molecule has 6 nitrogen and oxygen atoms in total. The van der Waals surface area contributed by atoms with Crippen LogP contribution in [0.2, 0.25) is 0 Å². The van der Waals surface area contributed by atoms with Crippen LogP contribution >= 0.6 is 11.3 Å². The second-order valence-electron chi connectivity index (χ2n) is 7.36.